The highest BCUT2D eigenvalue weighted by Crippen LogP contribution is 2.45. The van der Waals surface area contributed by atoms with Crippen molar-refractivity contribution in [1.82, 2.24) is 0 Å². The number of halogens is 1. The SMILES string of the molecule is CCOc1ccc(/C(O)=C2\C(=O)C(=O)N(c3cccc(Cl)c3C)C2c2ccc(C(C)(C)C)cc2)cc1C(C)(C)C. The predicted molar refractivity (Wildman–Crippen MR) is 162 cm³/mol. The first-order valence-electron chi connectivity index (χ1n) is 13.6. The van der Waals surface area contributed by atoms with E-state index in [0.29, 0.717) is 28.4 Å². The van der Waals surface area contributed by atoms with Crippen molar-refractivity contribution in [2.24, 2.45) is 0 Å². The van der Waals surface area contributed by atoms with Gasteiger partial charge in [-0.1, -0.05) is 83.5 Å². The monoisotopic (exact) mass is 559 g/mol. The van der Waals surface area contributed by atoms with Gasteiger partial charge in [0, 0.05) is 21.8 Å². The second-order valence-corrected chi connectivity index (χ2v) is 12.7. The average molecular weight is 560 g/mol. The molecule has 0 spiro atoms. The maximum Gasteiger partial charge on any atom is 0.300 e. The van der Waals surface area contributed by atoms with Crippen LogP contribution in [0, 0.1) is 6.92 Å². The summed E-state index contributed by atoms with van der Waals surface area (Å²) in [5.74, 6) is -0.957. The summed E-state index contributed by atoms with van der Waals surface area (Å²) < 4.78 is 5.85. The summed E-state index contributed by atoms with van der Waals surface area (Å²) in [6.45, 7) is 16.8. The number of Topliss-reactive ketones (excluding diaryl/α,β-unsaturated/α-hetero) is 1. The Morgan fingerprint density at radius 1 is 0.950 bits per heavy atom. The summed E-state index contributed by atoms with van der Waals surface area (Å²) in [5.41, 5.74) is 4.07. The van der Waals surface area contributed by atoms with E-state index in [4.69, 9.17) is 16.3 Å². The van der Waals surface area contributed by atoms with Crippen LogP contribution < -0.4 is 9.64 Å². The Morgan fingerprint density at radius 2 is 1.60 bits per heavy atom. The molecule has 210 valence electrons. The number of nitrogens with zero attached hydrogens (tertiary/aromatic N) is 1. The molecule has 0 radical (unpaired) electrons. The van der Waals surface area contributed by atoms with E-state index >= 15 is 0 Å². The van der Waals surface area contributed by atoms with E-state index in [1.807, 2.05) is 50.2 Å². The quantitative estimate of drug-likeness (QED) is 0.194. The van der Waals surface area contributed by atoms with E-state index in [0.717, 1.165) is 22.4 Å². The molecule has 0 bridgehead atoms. The van der Waals surface area contributed by atoms with Crippen LogP contribution in [0.4, 0.5) is 5.69 Å². The van der Waals surface area contributed by atoms with Crippen molar-refractivity contribution in [3.63, 3.8) is 0 Å². The number of ketones is 1. The number of aliphatic hydroxyl groups is 1. The molecule has 0 aromatic heterocycles. The Kier molecular flexibility index (Phi) is 7.92. The van der Waals surface area contributed by atoms with Gasteiger partial charge in [-0.25, -0.2) is 0 Å². The molecule has 5 nitrogen and oxygen atoms in total. The van der Waals surface area contributed by atoms with Gasteiger partial charge in [-0.2, -0.15) is 0 Å². The van der Waals surface area contributed by atoms with E-state index in [1.54, 1.807) is 24.3 Å². The summed E-state index contributed by atoms with van der Waals surface area (Å²) >= 11 is 6.44. The molecule has 0 saturated carbocycles. The zero-order valence-corrected chi connectivity index (χ0v) is 25.3. The minimum atomic E-state index is -0.837. The van der Waals surface area contributed by atoms with E-state index in [1.165, 1.54) is 4.90 Å². The number of hydrogen-bond acceptors (Lipinski definition) is 4. The van der Waals surface area contributed by atoms with Gasteiger partial charge in [0.05, 0.1) is 18.2 Å². The van der Waals surface area contributed by atoms with Crippen LogP contribution in [0.1, 0.15) is 82.3 Å². The maximum atomic E-state index is 13.7. The van der Waals surface area contributed by atoms with E-state index in [9.17, 15) is 14.7 Å². The van der Waals surface area contributed by atoms with Crippen LogP contribution in [0.15, 0.2) is 66.2 Å². The Morgan fingerprint density at radius 3 is 2.17 bits per heavy atom. The molecular formula is C34H38ClNO4. The molecule has 1 saturated heterocycles. The van der Waals surface area contributed by atoms with Crippen molar-refractivity contribution in [1.29, 1.82) is 0 Å². The fourth-order valence-corrected chi connectivity index (χ4v) is 5.29. The van der Waals surface area contributed by atoms with Crippen LogP contribution in [0.5, 0.6) is 5.75 Å². The second kappa shape index (κ2) is 10.8. The molecule has 3 aromatic rings. The average Bonchev–Trinajstić information content (AvgIpc) is 3.14. The first-order valence-corrected chi connectivity index (χ1v) is 14.0. The summed E-state index contributed by atoms with van der Waals surface area (Å²) in [5, 5.41) is 12.2. The van der Waals surface area contributed by atoms with Gasteiger partial charge in [0.25, 0.3) is 11.7 Å². The molecule has 4 rings (SSSR count). The van der Waals surface area contributed by atoms with Gasteiger partial charge >= 0.3 is 0 Å². The summed E-state index contributed by atoms with van der Waals surface area (Å²) in [7, 11) is 0. The molecule has 1 heterocycles. The first kappa shape index (κ1) is 29.4. The number of carbonyl (C=O) groups excluding carboxylic acids is 2. The highest BCUT2D eigenvalue weighted by Gasteiger charge is 2.47. The first-order chi connectivity index (χ1) is 18.7. The van der Waals surface area contributed by atoms with Gasteiger partial charge in [-0.3, -0.25) is 14.5 Å². The molecule has 6 heteroatoms. The van der Waals surface area contributed by atoms with Crippen LogP contribution in [0.25, 0.3) is 5.76 Å². The van der Waals surface area contributed by atoms with Gasteiger partial charge in [0.2, 0.25) is 0 Å². The molecule has 3 aromatic carbocycles. The second-order valence-electron chi connectivity index (χ2n) is 12.3. The van der Waals surface area contributed by atoms with Crippen LogP contribution in [0.2, 0.25) is 5.02 Å². The minimum Gasteiger partial charge on any atom is -0.507 e. The van der Waals surface area contributed by atoms with Gasteiger partial charge in [0.15, 0.2) is 0 Å². The molecule has 40 heavy (non-hydrogen) atoms. The Labute approximate surface area is 242 Å². The van der Waals surface area contributed by atoms with Crippen molar-refractivity contribution >= 4 is 34.7 Å². The fraction of sp³-hybridized carbons (Fsp3) is 0.353. The third kappa shape index (κ3) is 5.40. The van der Waals surface area contributed by atoms with Crippen LogP contribution in [-0.4, -0.2) is 23.4 Å². The molecule has 1 fully saturated rings. The maximum absolute atomic E-state index is 13.7. The summed E-state index contributed by atoms with van der Waals surface area (Å²) in [4.78, 5) is 28.8. The number of amides is 1. The lowest BCUT2D eigenvalue weighted by molar-refractivity contribution is -0.132. The molecule has 1 amide bonds. The van der Waals surface area contributed by atoms with Crippen molar-refractivity contribution in [3.05, 3.63) is 99.1 Å². The highest BCUT2D eigenvalue weighted by molar-refractivity contribution is 6.52. The number of benzene rings is 3. The van der Waals surface area contributed by atoms with Crippen LogP contribution in [0.3, 0.4) is 0 Å². The number of ether oxygens (including phenoxy) is 1. The standard InChI is InChI=1S/C34H38ClNO4/c1-9-40-27-18-15-22(19-24(27)34(6,7)8)30(37)28-29(21-13-16-23(17-14-21)33(3,4)5)36(32(39)31(28)38)26-12-10-11-25(35)20(26)2/h10-19,29,37H,9H2,1-8H3/b30-28+. The van der Waals surface area contributed by atoms with E-state index < -0.39 is 17.7 Å². The predicted octanol–water partition coefficient (Wildman–Crippen LogP) is 8.27. The third-order valence-corrected chi connectivity index (χ3v) is 7.81. The Hall–Kier alpha value is -3.57. The molecule has 1 aliphatic rings. The van der Waals surface area contributed by atoms with Gasteiger partial charge < -0.3 is 9.84 Å². The summed E-state index contributed by atoms with van der Waals surface area (Å²) in [6.07, 6.45) is 0. The normalized spacial score (nSPS) is 17.4. The van der Waals surface area contributed by atoms with E-state index in [2.05, 4.69) is 41.5 Å². The lowest BCUT2D eigenvalue weighted by atomic mass is 9.84. The molecule has 1 atom stereocenters. The molecule has 1 aliphatic heterocycles. The Balaban J connectivity index is 1.98. The van der Waals surface area contributed by atoms with Crippen molar-refractivity contribution < 1.29 is 19.4 Å². The highest BCUT2D eigenvalue weighted by atomic mass is 35.5. The smallest absolute Gasteiger partial charge is 0.300 e. The number of carbonyl (C=O) groups is 2. The van der Waals surface area contributed by atoms with Gasteiger partial charge in [0.1, 0.15) is 11.5 Å². The number of hydrogen-bond donors (Lipinski definition) is 1. The van der Waals surface area contributed by atoms with Gasteiger partial charge in [-0.15, -0.1) is 0 Å². The number of rotatable bonds is 5. The van der Waals surface area contributed by atoms with Crippen molar-refractivity contribution in [2.45, 2.75) is 72.3 Å². The number of aliphatic hydroxyl groups excluding tert-OH is 1. The zero-order chi connectivity index (χ0) is 29.6. The Bertz CT molecular complexity index is 1490. The topological polar surface area (TPSA) is 66.8 Å². The minimum absolute atomic E-state index is 0.0388. The largest absolute Gasteiger partial charge is 0.507 e. The van der Waals surface area contributed by atoms with Gasteiger partial charge in [-0.05, 0) is 71.7 Å². The molecular weight excluding hydrogens is 522 g/mol. The molecule has 0 aliphatic carbocycles. The molecule has 1 N–H and O–H groups in total. The van der Waals surface area contributed by atoms with Crippen LogP contribution in [-0.2, 0) is 20.4 Å². The number of anilines is 1. The van der Waals surface area contributed by atoms with Crippen molar-refractivity contribution in [3.8, 4) is 5.75 Å². The van der Waals surface area contributed by atoms with Crippen LogP contribution >= 0.6 is 11.6 Å². The lowest BCUT2D eigenvalue weighted by Gasteiger charge is -2.28. The lowest BCUT2D eigenvalue weighted by Crippen LogP contribution is -2.30. The molecule has 1 unspecified atom stereocenters. The zero-order valence-electron chi connectivity index (χ0n) is 24.6. The van der Waals surface area contributed by atoms with E-state index in [-0.39, 0.29) is 22.2 Å². The summed E-state index contributed by atoms with van der Waals surface area (Å²) in [6, 6.07) is 17.7. The van der Waals surface area contributed by atoms with Crippen molar-refractivity contribution in [2.75, 3.05) is 11.5 Å². The third-order valence-electron chi connectivity index (χ3n) is 7.40. The fourth-order valence-electron chi connectivity index (χ4n) is 5.12.